The highest BCUT2D eigenvalue weighted by molar-refractivity contribution is 14.0. The normalized spacial score (nSPS) is 10.9. The molecular formula is C22H28IN5O. The summed E-state index contributed by atoms with van der Waals surface area (Å²) in [6.45, 7) is 4.96. The van der Waals surface area contributed by atoms with Crippen molar-refractivity contribution >= 4 is 29.9 Å². The summed E-state index contributed by atoms with van der Waals surface area (Å²) in [5, 5.41) is 6.66. The lowest BCUT2D eigenvalue weighted by Crippen LogP contribution is -2.36. The van der Waals surface area contributed by atoms with E-state index in [4.69, 9.17) is 9.73 Å². The molecule has 0 radical (unpaired) electrons. The van der Waals surface area contributed by atoms with Gasteiger partial charge >= 0.3 is 0 Å². The molecule has 7 heteroatoms. The van der Waals surface area contributed by atoms with Crippen LogP contribution in [0.4, 0.5) is 0 Å². The van der Waals surface area contributed by atoms with E-state index in [1.807, 2.05) is 36.8 Å². The van der Waals surface area contributed by atoms with E-state index in [0.29, 0.717) is 13.1 Å². The minimum atomic E-state index is 0. The Balaban J connectivity index is 0.00000300. The van der Waals surface area contributed by atoms with Crippen molar-refractivity contribution in [3.05, 3.63) is 83.9 Å². The molecule has 3 rings (SSSR count). The van der Waals surface area contributed by atoms with E-state index in [1.54, 1.807) is 13.3 Å². The molecule has 29 heavy (non-hydrogen) atoms. The summed E-state index contributed by atoms with van der Waals surface area (Å²) in [5.41, 5.74) is 3.51. The highest BCUT2D eigenvalue weighted by Crippen LogP contribution is 2.16. The second-order valence-corrected chi connectivity index (χ2v) is 6.41. The van der Waals surface area contributed by atoms with Gasteiger partial charge in [-0.1, -0.05) is 42.5 Å². The van der Waals surface area contributed by atoms with E-state index in [9.17, 15) is 0 Å². The molecule has 0 saturated heterocycles. The monoisotopic (exact) mass is 505 g/mol. The van der Waals surface area contributed by atoms with Crippen LogP contribution in [0.25, 0.3) is 0 Å². The lowest BCUT2D eigenvalue weighted by molar-refractivity contribution is 0.409. The first-order valence-corrected chi connectivity index (χ1v) is 9.46. The largest absolute Gasteiger partial charge is 0.496 e. The van der Waals surface area contributed by atoms with Gasteiger partial charge in [0, 0.05) is 37.6 Å². The van der Waals surface area contributed by atoms with E-state index in [2.05, 4.69) is 51.4 Å². The van der Waals surface area contributed by atoms with Gasteiger partial charge in [-0.2, -0.15) is 0 Å². The number of aliphatic imine (C=N–C) groups is 1. The summed E-state index contributed by atoms with van der Waals surface area (Å²) in [6, 6.07) is 16.5. The molecule has 0 aliphatic rings. The van der Waals surface area contributed by atoms with Gasteiger partial charge in [0.2, 0.25) is 0 Å². The van der Waals surface area contributed by atoms with Crippen molar-refractivity contribution in [1.29, 1.82) is 0 Å². The van der Waals surface area contributed by atoms with Gasteiger partial charge in [0.25, 0.3) is 0 Å². The first-order chi connectivity index (χ1) is 13.8. The van der Waals surface area contributed by atoms with Gasteiger partial charge < -0.3 is 19.9 Å². The van der Waals surface area contributed by atoms with Crippen molar-refractivity contribution in [2.45, 2.75) is 26.6 Å². The van der Waals surface area contributed by atoms with Gasteiger partial charge in [-0.05, 0) is 24.1 Å². The molecule has 0 bridgehead atoms. The van der Waals surface area contributed by atoms with Crippen LogP contribution in [-0.4, -0.2) is 29.2 Å². The maximum Gasteiger partial charge on any atom is 0.191 e. The molecule has 2 N–H and O–H groups in total. The lowest BCUT2D eigenvalue weighted by atomic mass is 10.1. The molecule has 6 nitrogen and oxygen atoms in total. The number of aromatic nitrogens is 2. The SMILES string of the molecule is CCNC(=NCc1ccc(Cn2ccnc2)cc1)NCc1ccccc1OC.I. The Kier molecular flexibility index (Phi) is 9.49. The second kappa shape index (κ2) is 12.1. The maximum atomic E-state index is 5.41. The highest BCUT2D eigenvalue weighted by Gasteiger charge is 2.03. The smallest absolute Gasteiger partial charge is 0.191 e. The highest BCUT2D eigenvalue weighted by atomic mass is 127. The Morgan fingerprint density at radius 3 is 2.52 bits per heavy atom. The van der Waals surface area contributed by atoms with Crippen LogP contribution in [0.2, 0.25) is 0 Å². The van der Waals surface area contributed by atoms with Gasteiger partial charge in [0.1, 0.15) is 5.75 Å². The Labute approximate surface area is 189 Å². The lowest BCUT2D eigenvalue weighted by Gasteiger charge is -2.13. The molecule has 0 spiro atoms. The third-order valence-corrected chi connectivity index (χ3v) is 4.35. The Morgan fingerprint density at radius 2 is 1.83 bits per heavy atom. The molecular weight excluding hydrogens is 477 g/mol. The first kappa shape index (κ1) is 22.7. The van der Waals surface area contributed by atoms with E-state index in [1.165, 1.54) is 11.1 Å². The van der Waals surface area contributed by atoms with Crippen molar-refractivity contribution in [3.63, 3.8) is 0 Å². The molecule has 154 valence electrons. The molecule has 0 fully saturated rings. The number of hydrogen-bond donors (Lipinski definition) is 2. The van der Waals surface area contributed by atoms with Crippen LogP contribution in [0.15, 0.2) is 72.2 Å². The predicted octanol–water partition coefficient (Wildman–Crippen LogP) is 3.81. The quantitative estimate of drug-likeness (QED) is 0.278. The minimum absolute atomic E-state index is 0. The van der Waals surface area contributed by atoms with Crippen LogP contribution in [0, 0.1) is 0 Å². The van der Waals surface area contributed by atoms with Crippen LogP contribution in [0.5, 0.6) is 5.75 Å². The summed E-state index contributed by atoms with van der Waals surface area (Å²) < 4.78 is 7.46. The van der Waals surface area contributed by atoms with Gasteiger partial charge in [-0.25, -0.2) is 9.98 Å². The molecule has 1 heterocycles. The summed E-state index contributed by atoms with van der Waals surface area (Å²) in [5.74, 6) is 1.66. The topological polar surface area (TPSA) is 63.5 Å². The number of para-hydroxylation sites is 1. The van der Waals surface area contributed by atoms with Gasteiger partial charge in [-0.3, -0.25) is 0 Å². The third kappa shape index (κ3) is 7.08. The van der Waals surface area contributed by atoms with E-state index >= 15 is 0 Å². The Morgan fingerprint density at radius 1 is 1.07 bits per heavy atom. The summed E-state index contributed by atoms with van der Waals surface area (Å²) >= 11 is 0. The summed E-state index contributed by atoms with van der Waals surface area (Å²) in [4.78, 5) is 8.77. The molecule has 0 atom stereocenters. The van der Waals surface area contributed by atoms with Crippen molar-refractivity contribution in [2.75, 3.05) is 13.7 Å². The van der Waals surface area contributed by atoms with Gasteiger partial charge in [-0.15, -0.1) is 24.0 Å². The second-order valence-electron chi connectivity index (χ2n) is 6.41. The number of hydrogen-bond acceptors (Lipinski definition) is 3. The molecule has 3 aromatic rings. The minimum Gasteiger partial charge on any atom is -0.496 e. The van der Waals surface area contributed by atoms with Gasteiger partial charge in [0.05, 0.1) is 20.0 Å². The number of nitrogens with zero attached hydrogens (tertiary/aromatic N) is 3. The number of guanidine groups is 1. The van der Waals surface area contributed by atoms with Crippen molar-refractivity contribution in [1.82, 2.24) is 20.2 Å². The maximum absolute atomic E-state index is 5.41. The molecule has 0 amide bonds. The third-order valence-electron chi connectivity index (χ3n) is 4.35. The fourth-order valence-electron chi connectivity index (χ4n) is 2.88. The number of halogens is 1. The van der Waals surface area contributed by atoms with E-state index in [0.717, 1.165) is 30.4 Å². The number of methoxy groups -OCH3 is 1. The fraction of sp³-hybridized carbons (Fsp3) is 0.273. The van der Waals surface area contributed by atoms with Crippen molar-refractivity contribution < 1.29 is 4.74 Å². The van der Waals surface area contributed by atoms with Crippen molar-refractivity contribution in [2.24, 2.45) is 4.99 Å². The van der Waals surface area contributed by atoms with E-state index < -0.39 is 0 Å². The Hall–Kier alpha value is -2.55. The molecule has 1 aromatic heterocycles. The number of benzene rings is 2. The van der Waals surface area contributed by atoms with Crippen LogP contribution in [0.3, 0.4) is 0 Å². The molecule has 0 aliphatic heterocycles. The molecule has 0 aliphatic carbocycles. The van der Waals surface area contributed by atoms with Crippen LogP contribution in [-0.2, 0) is 19.6 Å². The average Bonchev–Trinajstić information content (AvgIpc) is 3.24. The molecule has 0 unspecified atom stereocenters. The van der Waals surface area contributed by atoms with Crippen LogP contribution >= 0.6 is 24.0 Å². The summed E-state index contributed by atoms with van der Waals surface area (Å²) in [6.07, 6.45) is 5.59. The fourth-order valence-corrected chi connectivity index (χ4v) is 2.88. The number of ether oxygens (including phenoxy) is 1. The molecule has 2 aromatic carbocycles. The Bertz CT molecular complexity index is 878. The van der Waals surface area contributed by atoms with E-state index in [-0.39, 0.29) is 24.0 Å². The van der Waals surface area contributed by atoms with Crippen molar-refractivity contribution in [3.8, 4) is 5.75 Å². The number of imidazole rings is 1. The zero-order chi connectivity index (χ0) is 19.6. The van der Waals surface area contributed by atoms with Gasteiger partial charge in [0.15, 0.2) is 5.96 Å². The summed E-state index contributed by atoms with van der Waals surface area (Å²) in [7, 11) is 1.69. The number of nitrogens with one attached hydrogen (secondary N) is 2. The standard InChI is InChI=1S/C22H27N5O.HI/c1-3-24-22(26-15-20-6-4-5-7-21(20)28-2)25-14-18-8-10-19(11-9-18)16-27-13-12-23-17-27;/h4-13,17H,3,14-16H2,1-2H3,(H2,24,25,26);1H. The predicted molar refractivity (Wildman–Crippen MR) is 128 cm³/mol. The molecule has 0 saturated carbocycles. The average molecular weight is 505 g/mol. The zero-order valence-corrected chi connectivity index (χ0v) is 19.2. The van der Waals surface area contributed by atoms with Crippen LogP contribution < -0.4 is 15.4 Å². The first-order valence-electron chi connectivity index (χ1n) is 9.46. The number of rotatable bonds is 8. The van der Waals surface area contributed by atoms with Crippen LogP contribution in [0.1, 0.15) is 23.6 Å². The zero-order valence-electron chi connectivity index (χ0n) is 16.8.